The van der Waals surface area contributed by atoms with Crippen LogP contribution in [0.4, 0.5) is 0 Å². The number of carbonyl (C=O) groups excluding carboxylic acids is 1. The Morgan fingerprint density at radius 3 is 2.50 bits per heavy atom. The van der Waals surface area contributed by atoms with Gasteiger partial charge in [-0.15, -0.1) is 0 Å². The van der Waals surface area contributed by atoms with Crippen LogP contribution in [0.2, 0.25) is 5.02 Å². The Morgan fingerprint density at radius 2 is 2.10 bits per heavy atom. The second-order valence-corrected chi connectivity index (χ2v) is 6.18. The number of nitrogens with zero attached hydrogens (tertiary/aromatic N) is 2. The van der Waals surface area contributed by atoms with Crippen LogP contribution in [-0.4, -0.2) is 27.3 Å². The van der Waals surface area contributed by atoms with Gasteiger partial charge in [0.25, 0.3) is 0 Å². The Labute approximate surface area is 125 Å². The van der Waals surface area contributed by atoms with Gasteiger partial charge in [0.05, 0.1) is 21.9 Å². The van der Waals surface area contributed by atoms with Crippen molar-refractivity contribution in [3.63, 3.8) is 0 Å². The molecule has 0 aliphatic carbocycles. The third kappa shape index (κ3) is 3.96. The van der Waals surface area contributed by atoms with Crippen LogP contribution in [0.15, 0.2) is 0 Å². The highest BCUT2D eigenvalue weighted by molar-refractivity contribution is 6.31. The van der Waals surface area contributed by atoms with Crippen LogP contribution in [0.25, 0.3) is 0 Å². The number of nitrogens with two attached hydrogens (primary N) is 1. The summed E-state index contributed by atoms with van der Waals surface area (Å²) in [6.45, 7) is 10.4. The fourth-order valence-electron chi connectivity index (χ4n) is 2.38. The van der Waals surface area contributed by atoms with Crippen LogP contribution in [0.1, 0.15) is 45.0 Å². The van der Waals surface area contributed by atoms with Crippen LogP contribution in [-0.2, 0) is 11.3 Å². The molecule has 1 aromatic heterocycles. The van der Waals surface area contributed by atoms with E-state index < -0.39 is 5.54 Å². The van der Waals surface area contributed by atoms with Gasteiger partial charge in [-0.1, -0.05) is 11.6 Å². The second-order valence-electron chi connectivity index (χ2n) is 5.81. The Bertz CT molecular complexity index is 484. The molecule has 0 radical (unpaired) electrons. The minimum absolute atomic E-state index is 0.204. The number of hydrogen-bond donors (Lipinski definition) is 2. The molecule has 0 bridgehead atoms. The fraction of sp³-hybridized carbons (Fsp3) is 0.714. The zero-order chi connectivity index (χ0) is 15.5. The number of nitrogens with one attached hydrogen (secondary N) is 1. The van der Waals surface area contributed by atoms with E-state index in [0.717, 1.165) is 24.4 Å². The smallest absolute Gasteiger partial charge is 0.237 e. The molecule has 5 nitrogen and oxygen atoms in total. The SMILES string of the molecule is Cc1nn(CCCC(C)(NC(C)C)C(N)=O)c(C)c1Cl. The molecule has 114 valence electrons. The van der Waals surface area contributed by atoms with Crippen molar-refractivity contribution < 1.29 is 4.79 Å². The minimum atomic E-state index is -0.686. The zero-order valence-electron chi connectivity index (χ0n) is 13.0. The molecular weight excluding hydrogens is 276 g/mol. The number of hydrogen-bond acceptors (Lipinski definition) is 3. The Kier molecular flexibility index (Phi) is 5.59. The molecule has 1 unspecified atom stereocenters. The summed E-state index contributed by atoms with van der Waals surface area (Å²) >= 11 is 6.12. The van der Waals surface area contributed by atoms with Crippen molar-refractivity contribution in [2.75, 3.05) is 0 Å². The summed E-state index contributed by atoms with van der Waals surface area (Å²) < 4.78 is 1.88. The maximum atomic E-state index is 11.6. The van der Waals surface area contributed by atoms with E-state index in [1.165, 1.54) is 0 Å². The normalized spacial score (nSPS) is 14.6. The predicted octanol–water partition coefficient (Wildman–Crippen LogP) is 2.18. The molecule has 0 aliphatic rings. The molecular formula is C14H25ClN4O. The lowest BCUT2D eigenvalue weighted by Crippen LogP contribution is -2.55. The van der Waals surface area contributed by atoms with Crippen molar-refractivity contribution in [3.8, 4) is 0 Å². The van der Waals surface area contributed by atoms with Gasteiger partial charge in [-0.2, -0.15) is 5.10 Å². The summed E-state index contributed by atoms with van der Waals surface area (Å²) in [7, 11) is 0. The van der Waals surface area contributed by atoms with Crippen LogP contribution in [0.3, 0.4) is 0 Å². The molecule has 0 aliphatic heterocycles. The number of primary amides is 1. The predicted molar refractivity (Wildman–Crippen MR) is 81.8 cm³/mol. The lowest BCUT2D eigenvalue weighted by molar-refractivity contribution is -0.124. The lowest BCUT2D eigenvalue weighted by Gasteiger charge is -2.29. The molecule has 0 saturated heterocycles. The average molecular weight is 301 g/mol. The summed E-state index contributed by atoms with van der Waals surface area (Å²) in [5.74, 6) is -0.322. The standard InChI is InChI=1S/C14H25ClN4O/c1-9(2)17-14(5,13(16)20)7-6-8-19-11(4)12(15)10(3)18-19/h9,17H,6-8H2,1-5H3,(H2,16,20). The first-order chi connectivity index (χ1) is 9.17. The van der Waals surface area contributed by atoms with Crippen molar-refractivity contribution in [1.82, 2.24) is 15.1 Å². The number of rotatable bonds is 7. The van der Waals surface area contributed by atoms with E-state index in [2.05, 4.69) is 10.4 Å². The topological polar surface area (TPSA) is 72.9 Å². The molecule has 0 saturated carbocycles. The van der Waals surface area contributed by atoms with Gasteiger partial charge in [0.15, 0.2) is 0 Å². The number of carbonyl (C=O) groups is 1. The summed E-state index contributed by atoms with van der Waals surface area (Å²) in [5.41, 5.74) is 6.62. The van der Waals surface area contributed by atoms with E-state index in [-0.39, 0.29) is 11.9 Å². The van der Waals surface area contributed by atoms with Crippen LogP contribution in [0, 0.1) is 13.8 Å². The van der Waals surface area contributed by atoms with Crippen LogP contribution < -0.4 is 11.1 Å². The van der Waals surface area contributed by atoms with E-state index in [4.69, 9.17) is 17.3 Å². The molecule has 1 aromatic rings. The molecule has 1 amide bonds. The van der Waals surface area contributed by atoms with Gasteiger partial charge in [0.2, 0.25) is 5.91 Å². The van der Waals surface area contributed by atoms with Gasteiger partial charge in [-0.05, 0) is 47.5 Å². The summed E-state index contributed by atoms with van der Waals surface area (Å²) in [5, 5.41) is 8.34. The Morgan fingerprint density at radius 1 is 1.50 bits per heavy atom. The summed E-state index contributed by atoms with van der Waals surface area (Å²) in [6, 6.07) is 0.204. The molecule has 20 heavy (non-hydrogen) atoms. The highest BCUT2D eigenvalue weighted by Crippen LogP contribution is 2.20. The van der Waals surface area contributed by atoms with Gasteiger partial charge >= 0.3 is 0 Å². The maximum Gasteiger partial charge on any atom is 0.237 e. The maximum absolute atomic E-state index is 11.6. The first kappa shape index (κ1) is 17.0. The third-order valence-electron chi connectivity index (χ3n) is 3.49. The highest BCUT2D eigenvalue weighted by Gasteiger charge is 2.30. The molecule has 1 heterocycles. The van der Waals surface area contributed by atoms with E-state index in [1.807, 2.05) is 39.3 Å². The first-order valence-corrected chi connectivity index (χ1v) is 7.32. The lowest BCUT2D eigenvalue weighted by atomic mass is 9.94. The Hall–Kier alpha value is -1.07. The van der Waals surface area contributed by atoms with Crippen molar-refractivity contribution in [2.45, 2.75) is 65.6 Å². The van der Waals surface area contributed by atoms with Crippen molar-refractivity contribution >= 4 is 17.5 Å². The Balaban J connectivity index is 2.65. The molecule has 1 atom stereocenters. The van der Waals surface area contributed by atoms with E-state index in [0.29, 0.717) is 11.4 Å². The van der Waals surface area contributed by atoms with Crippen LogP contribution in [0.5, 0.6) is 0 Å². The van der Waals surface area contributed by atoms with E-state index in [9.17, 15) is 4.79 Å². The van der Waals surface area contributed by atoms with Crippen LogP contribution >= 0.6 is 11.6 Å². The minimum Gasteiger partial charge on any atom is -0.368 e. The highest BCUT2D eigenvalue weighted by atomic mass is 35.5. The molecule has 3 N–H and O–H groups in total. The number of aryl methyl sites for hydroxylation is 2. The van der Waals surface area contributed by atoms with E-state index >= 15 is 0 Å². The van der Waals surface area contributed by atoms with E-state index in [1.54, 1.807) is 0 Å². The summed E-state index contributed by atoms with van der Waals surface area (Å²) in [6.07, 6.45) is 1.47. The molecule has 0 fully saturated rings. The third-order valence-corrected chi connectivity index (χ3v) is 4.04. The molecule has 0 spiro atoms. The fourth-order valence-corrected chi connectivity index (χ4v) is 2.51. The monoisotopic (exact) mass is 300 g/mol. The quantitative estimate of drug-likeness (QED) is 0.810. The largest absolute Gasteiger partial charge is 0.368 e. The molecule has 1 rings (SSSR count). The van der Waals surface area contributed by atoms with Gasteiger partial charge in [0.1, 0.15) is 0 Å². The van der Waals surface area contributed by atoms with Crippen molar-refractivity contribution in [2.24, 2.45) is 5.73 Å². The van der Waals surface area contributed by atoms with Crippen molar-refractivity contribution in [1.29, 1.82) is 0 Å². The first-order valence-electron chi connectivity index (χ1n) is 6.94. The average Bonchev–Trinajstić information content (AvgIpc) is 2.56. The van der Waals surface area contributed by atoms with Gasteiger partial charge in [0, 0.05) is 12.6 Å². The second kappa shape index (κ2) is 6.59. The number of aromatic nitrogens is 2. The number of amides is 1. The van der Waals surface area contributed by atoms with Gasteiger partial charge in [-0.25, -0.2) is 0 Å². The van der Waals surface area contributed by atoms with Gasteiger partial charge in [-0.3, -0.25) is 9.48 Å². The number of halogens is 1. The zero-order valence-corrected chi connectivity index (χ0v) is 13.7. The molecule has 0 aromatic carbocycles. The van der Waals surface area contributed by atoms with Gasteiger partial charge < -0.3 is 11.1 Å². The summed E-state index contributed by atoms with van der Waals surface area (Å²) in [4.78, 5) is 11.6. The van der Waals surface area contributed by atoms with Crippen molar-refractivity contribution in [3.05, 3.63) is 16.4 Å². The molecule has 6 heteroatoms.